The third kappa shape index (κ3) is 12.0. The minimum absolute atomic E-state index is 0.170. The Bertz CT molecular complexity index is 2260. The maximum Gasteiger partial charge on any atom is 0.187 e. The fourth-order valence-electron chi connectivity index (χ4n) is 8.86. The SMILES string of the molecule is OCC1C(OC2OC(COCc3ccccc3)C(OCc3ccccc3)C(OCc3ccccc3)C2OCc2ccccc2)C(OCc2ccccc2)C(OCc2ccccc2)C2OC12. The van der Waals surface area contributed by atoms with Gasteiger partial charge in [-0.1, -0.05) is 182 Å². The monoisotopic (exact) mass is 878 g/mol. The van der Waals surface area contributed by atoms with Gasteiger partial charge in [-0.25, -0.2) is 0 Å². The number of hydrogen-bond donors (Lipinski definition) is 1. The quantitative estimate of drug-likeness (QED) is 0.0667. The summed E-state index contributed by atoms with van der Waals surface area (Å²) in [5, 5.41) is 11.2. The molecule has 2 saturated heterocycles. The average molecular weight is 879 g/mol. The van der Waals surface area contributed by atoms with E-state index >= 15 is 0 Å². The summed E-state index contributed by atoms with van der Waals surface area (Å²) in [5.74, 6) is -0.459. The highest BCUT2D eigenvalue weighted by Gasteiger charge is 2.63. The molecule has 3 fully saturated rings. The predicted molar refractivity (Wildman–Crippen MR) is 244 cm³/mol. The minimum atomic E-state index is -1.03. The summed E-state index contributed by atoms with van der Waals surface area (Å²) in [6, 6.07) is 60.3. The maximum atomic E-state index is 11.2. The number of ether oxygens (including phenoxy) is 9. The van der Waals surface area contributed by atoms with E-state index in [1.165, 1.54) is 0 Å². The Kier molecular flexibility index (Phi) is 15.9. The molecule has 10 heteroatoms. The van der Waals surface area contributed by atoms with Crippen LogP contribution in [0.5, 0.6) is 0 Å². The summed E-state index contributed by atoms with van der Waals surface area (Å²) in [6.07, 6.45) is -6.40. The van der Waals surface area contributed by atoms with Crippen LogP contribution in [0.2, 0.25) is 0 Å². The normalized spacial score (nSPS) is 27.2. The molecule has 0 aromatic heterocycles. The number of aliphatic hydroxyl groups excluding tert-OH is 1. The third-order valence-corrected chi connectivity index (χ3v) is 12.3. The van der Waals surface area contributed by atoms with Crippen molar-refractivity contribution in [3.8, 4) is 0 Å². The molecule has 1 saturated carbocycles. The van der Waals surface area contributed by atoms with Crippen LogP contribution in [0.4, 0.5) is 0 Å². The molecular formula is C55H58O10. The summed E-state index contributed by atoms with van der Waals surface area (Å²) in [5.41, 5.74) is 6.03. The van der Waals surface area contributed by atoms with Crippen LogP contribution in [-0.4, -0.2) is 79.5 Å². The molecule has 0 bridgehead atoms. The summed E-state index contributed by atoms with van der Waals surface area (Å²) in [6.45, 7) is 1.81. The first-order valence-electron chi connectivity index (χ1n) is 22.7. The van der Waals surface area contributed by atoms with Crippen LogP contribution >= 0.6 is 0 Å². The Morgan fingerprint density at radius 3 is 1.12 bits per heavy atom. The Hall–Kier alpha value is -5.08. The molecule has 0 amide bonds. The number of fused-ring (bicyclic) bond motifs is 1. The van der Waals surface area contributed by atoms with Crippen molar-refractivity contribution in [2.45, 2.75) is 101 Å². The molecule has 6 aromatic rings. The van der Waals surface area contributed by atoms with Crippen molar-refractivity contribution in [3.63, 3.8) is 0 Å². The highest BCUT2D eigenvalue weighted by atomic mass is 16.7. The zero-order valence-corrected chi connectivity index (χ0v) is 36.4. The molecule has 1 N–H and O–H groups in total. The molecule has 6 aromatic carbocycles. The molecule has 2 heterocycles. The third-order valence-electron chi connectivity index (χ3n) is 12.3. The summed E-state index contributed by atoms with van der Waals surface area (Å²) < 4.78 is 61.8. The number of epoxide rings is 1. The lowest BCUT2D eigenvalue weighted by Crippen LogP contribution is -2.64. The molecule has 3 aliphatic rings. The predicted octanol–water partition coefficient (Wildman–Crippen LogP) is 8.63. The van der Waals surface area contributed by atoms with Gasteiger partial charge in [0.2, 0.25) is 0 Å². The number of rotatable bonds is 22. The van der Waals surface area contributed by atoms with E-state index in [1.807, 2.05) is 182 Å². The Labute approximate surface area is 381 Å². The van der Waals surface area contributed by atoms with Crippen LogP contribution in [0, 0.1) is 5.92 Å². The van der Waals surface area contributed by atoms with E-state index in [2.05, 4.69) is 0 Å². The molecule has 338 valence electrons. The largest absolute Gasteiger partial charge is 0.396 e. The molecule has 0 spiro atoms. The van der Waals surface area contributed by atoms with E-state index in [-0.39, 0.29) is 38.6 Å². The van der Waals surface area contributed by atoms with Gasteiger partial charge in [0.25, 0.3) is 0 Å². The van der Waals surface area contributed by atoms with Crippen molar-refractivity contribution in [2.75, 3.05) is 13.2 Å². The van der Waals surface area contributed by atoms with Crippen molar-refractivity contribution in [1.29, 1.82) is 0 Å². The zero-order valence-electron chi connectivity index (χ0n) is 36.4. The van der Waals surface area contributed by atoms with Crippen LogP contribution in [-0.2, 0) is 82.3 Å². The van der Waals surface area contributed by atoms with Gasteiger partial charge in [0.1, 0.15) is 42.7 Å². The van der Waals surface area contributed by atoms with Gasteiger partial charge in [-0.3, -0.25) is 0 Å². The van der Waals surface area contributed by atoms with Gasteiger partial charge < -0.3 is 47.7 Å². The second-order valence-corrected chi connectivity index (χ2v) is 16.9. The van der Waals surface area contributed by atoms with E-state index in [0.717, 1.165) is 33.4 Å². The van der Waals surface area contributed by atoms with Crippen LogP contribution in [0.15, 0.2) is 182 Å². The van der Waals surface area contributed by atoms with E-state index in [4.69, 9.17) is 42.6 Å². The summed E-state index contributed by atoms with van der Waals surface area (Å²) in [7, 11) is 0. The van der Waals surface area contributed by atoms with Crippen LogP contribution in [0.3, 0.4) is 0 Å². The van der Waals surface area contributed by atoms with E-state index in [9.17, 15) is 5.11 Å². The first kappa shape index (κ1) is 45.1. The van der Waals surface area contributed by atoms with Crippen LogP contribution in [0.1, 0.15) is 33.4 Å². The number of hydrogen-bond acceptors (Lipinski definition) is 10. The van der Waals surface area contributed by atoms with Gasteiger partial charge in [0.05, 0.1) is 65.1 Å². The van der Waals surface area contributed by atoms with Gasteiger partial charge in [0.15, 0.2) is 6.29 Å². The maximum absolute atomic E-state index is 11.2. The molecule has 0 radical (unpaired) electrons. The lowest BCUT2D eigenvalue weighted by molar-refractivity contribution is -0.349. The number of benzene rings is 6. The zero-order chi connectivity index (χ0) is 44.0. The van der Waals surface area contributed by atoms with Gasteiger partial charge in [-0.05, 0) is 33.4 Å². The Morgan fingerprint density at radius 1 is 0.354 bits per heavy atom. The highest BCUT2D eigenvalue weighted by molar-refractivity contribution is 5.19. The average Bonchev–Trinajstić information content (AvgIpc) is 4.16. The summed E-state index contributed by atoms with van der Waals surface area (Å²) in [4.78, 5) is 0. The van der Waals surface area contributed by atoms with Crippen molar-refractivity contribution < 1.29 is 47.7 Å². The molecule has 9 rings (SSSR count). The van der Waals surface area contributed by atoms with Gasteiger partial charge in [0, 0.05) is 5.92 Å². The second-order valence-electron chi connectivity index (χ2n) is 16.9. The van der Waals surface area contributed by atoms with Crippen molar-refractivity contribution >= 4 is 0 Å². The van der Waals surface area contributed by atoms with Crippen molar-refractivity contribution in [1.82, 2.24) is 0 Å². The first-order chi connectivity index (χ1) is 32.2. The summed E-state index contributed by atoms with van der Waals surface area (Å²) >= 11 is 0. The van der Waals surface area contributed by atoms with Gasteiger partial charge >= 0.3 is 0 Å². The molecule has 2 aliphatic heterocycles. The highest BCUT2D eigenvalue weighted by Crippen LogP contribution is 2.46. The van der Waals surface area contributed by atoms with Gasteiger partial charge in [-0.2, -0.15) is 0 Å². The molecule has 11 atom stereocenters. The molecule has 10 nitrogen and oxygen atoms in total. The Morgan fingerprint density at radius 2 is 0.708 bits per heavy atom. The van der Waals surface area contributed by atoms with Crippen LogP contribution < -0.4 is 0 Å². The molecule has 11 unspecified atom stereocenters. The molecule has 65 heavy (non-hydrogen) atoms. The molecule has 1 aliphatic carbocycles. The smallest absolute Gasteiger partial charge is 0.187 e. The standard InChI is InChI=1S/C55H58O10/c56-31-45-47(50(59-34-41-23-11-3-12-24-41)52(53-48(45)64-53)61-36-43-27-15-5-16-28-43)65-55-54(62-37-44-29-17-6-18-30-44)51(60-35-42-25-13-4-14-26-42)49(58-33-40-21-9-2-10-22-40)46(63-55)38-57-32-39-19-7-1-8-20-39/h1-30,45-56H,31-38H2. The van der Waals surface area contributed by atoms with E-state index < -0.39 is 54.9 Å². The van der Waals surface area contributed by atoms with Crippen LogP contribution in [0.25, 0.3) is 0 Å². The Balaban J connectivity index is 1.07. The lowest BCUT2D eigenvalue weighted by atomic mass is 9.82. The fourth-order valence-corrected chi connectivity index (χ4v) is 8.86. The topological polar surface area (TPSA) is 107 Å². The number of aliphatic hydroxyl groups is 1. The van der Waals surface area contributed by atoms with Crippen molar-refractivity contribution in [3.05, 3.63) is 215 Å². The van der Waals surface area contributed by atoms with E-state index in [0.29, 0.717) is 26.4 Å². The van der Waals surface area contributed by atoms with Gasteiger partial charge in [-0.15, -0.1) is 0 Å². The first-order valence-corrected chi connectivity index (χ1v) is 22.7. The van der Waals surface area contributed by atoms with Crippen molar-refractivity contribution in [2.24, 2.45) is 5.92 Å². The van der Waals surface area contributed by atoms with E-state index in [1.54, 1.807) is 0 Å². The lowest BCUT2D eigenvalue weighted by Gasteiger charge is -2.48. The fraction of sp³-hybridized carbons (Fsp3) is 0.345. The molecular weight excluding hydrogens is 821 g/mol. The minimum Gasteiger partial charge on any atom is -0.396 e. The second kappa shape index (κ2) is 22.9.